The number of nitrogens with one attached hydrogen (secondary N) is 3. The van der Waals surface area contributed by atoms with E-state index in [-0.39, 0.29) is 11.7 Å². The zero-order chi connectivity index (χ0) is 18.8. The lowest BCUT2D eigenvalue weighted by molar-refractivity contribution is -0.122. The quantitative estimate of drug-likeness (QED) is 0.287. The van der Waals surface area contributed by atoms with Crippen molar-refractivity contribution in [1.29, 1.82) is 0 Å². The molecule has 1 amide bonds. The Labute approximate surface area is 159 Å². The third-order valence-corrected chi connectivity index (χ3v) is 5.34. The monoisotopic (exact) mass is 381 g/mol. The van der Waals surface area contributed by atoms with E-state index in [4.69, 9.17) is 0 Å². The van der Waals surface area contributed by atoms with E-state index >= 15 is 0 Å². The molecule has 1 aliphatic rings. The molecule has 0 spiro atoms. The number of aliphatic imine (C=N–C) groups is 1. The number of carbonyl (C=O) groups is 1. The fourth-order valence-corrected chi connectivity index (χ4v) is 3.60. The minimum atomic E-state index is -0.177. The van der Waals surface area contributed by atoms with Crippen molar-refractivity contribution in [3.05, 3.63) is 30.1 Å². The average molecular weight is 382 g/mol. The summed E-state index contributed by atoms with van der Waals surface area (Å²) in [5, 5.41) is 9.37. The van der Waals surface area contributed by atoms with Gasteiger partial charge in [-0.2, -0.15) is 0 Å². The number of nitrogens with zero attached hydrogens (tertiary/aromatic N) is 2. The summed E-state index contributed by atoms with van der Waals surface area (Å²) in [4.78, 5) is 18.5. The molecule has 0 atom stereocenters. The van der Waals surface area contributed by atoms with Crippen LogP contribution in [0.25, 0.3) is 0 Å². The van der Waals surface area contributed by atoms with E-state index in [0.717, 1.165) is 37.6 Å². The van der Waals surface area contributed by atoms with Crippen LogP contribution in [0.3, 0.4) is 0 Å². The Kier molecular flexibility index (Phi) is 8.70. The Balaban J connectivity index is 1.65. The number of guanidine groups is 1. The van der Waals surface area contributed by atoms with Crippen LogP contribution >= 0.6 is 11.8 Å². The Bertz CT molecular complexity index is 605. The van der Waals surface area contributed by atoms with Gasteiger partial charge >= 0.3 is 0 Å². The lowest BCUT2D eigenvalue weighted by Crippen LogP contribution is -2.50. The van der Waals surface area contributed by atoms with Gasteiger partial charge in [0.15, 0.2) is 5.96 Å². The molecule has 0 radical (unpaired) electrons. The van der Waals surface area contributed by atoms with Crippen LogP contribution in [-0.4, -0.2) is 68.8 Å². The predicted molar refractivity (Wildman–Crippen MR) is 105 cm³/mol. The van der Waals surface area contributed by atoms with Gasteiger partial charge in [0.25, 0.3) is 0 Å². The van der Waals surface area contributed by atoms with Crippen LogP contribution in [-0.2, 0) is 4.79 Å². The molecule has 0 aliphatic carbocycles. The lowest BCUT2D eigenvalue weighted by atomic mass is 10.1. The van der Waals surface area contributed by atoms with Crippen LogP contribution in [0.1, 0.15) is 12.8 Å². The van der Waals surface area contributed by atoms with E-state index in [1.54, 1.807) is 26.2 Å². The average Bonchev–Trinajstić information content (AvgIpc) is 2.66. The highest BCUT2D eigenvalue weighted by Gasteiger charge is 2.21. The molecule has 0 unspecified atom stereocenters. The Morgan fingerprint density at radius 2 is 2.08 bits per heavy atom. The number of likely N-dealkylation sites (N-methyl/N-ethyl adjacent to an activating group) is 1. The molecule has 6 nitrogen and oxygen atoms in total. The van der Waals surface area contributed by atoms with Gasteiger partial charge in [0.05, 0.1) is 6.54 Å². The maximum absolute atomic E-state index is 13.6. The molecule has 0 aromatic heterocycles. The van der Waals surface area contributed by atoms with Gasteiger partial charge in [-0.1, -0.05) is 12.1 Å². The normalized spacial score (nSPS) is 16.3. The molecular formula is C18H28FN5OS. The molecule has 2 rings (SSSR count). The van der Waals surface area contributed by atoms with E-state index in [1.807, 2.05) is 6.07 Å². The second-order valence-electron chi connectivity index (χ2n) is 6.15. The van der Waals surface area contributed by atoms with Gasteiger partial charge in [0.2, 0.25) is 5.91 Å². The van der Waals surface area contributed by atoms with Crippen molar-refractivity contribution in [2.24, 2.45) is 4.99 Å². The summed E-state index contributed by atoms with van der Waals surface area (Å²) in [7, 11) is 3.41. The molecule has 1 fully saturated rings. The van der Waals surface area contributed by atoms with Crippen LogP contribution in [0.2, 0.25) is 0 Å². The van der Waals surface area contributed by atoms with Crippen LogP contribution in [0.15, 0.2) is 34.2 Å². The Morgan fingerprint density at radius 1 is 1.35 bits per heavy atom. The zero-order valence-electron chi connectivity index (χ0n) is 15.4. The highest BCUT2D eigenvalue weighted by Crippen LogP contribution is 2.20. The number of likely N-dealkylation sites (tertiary alicyclic amines) is 1. The molecule has 1 saturated heterocycles. The maximum Gasteiger partial charge on any atom is 0.233 e. The van der Waals surface area contributed by atoms with Crippen molar-refractivity contribution in [1.82, 2.24) is 20.9 Å². The van der Waals surface area contributed by atoms with Gasteiger partial charge in [0.1, 0.15) is 5.82 Å². The highest BCUT2D eigenvalue weighted by molar-refractivity contribution is 7.99. The van der Waals surface area contributed by atoms with Crippen molar-refractivity contribution >= 4 is 23.6 Å². The van der Waals surface area contributed by atoms with Gasteiger partial charge < -0.3 is 16.0 Å². The summed E-state index contributed by atoms with van der Waals surface area (Å²) < 4.78 is 13.6. The fraction of sp³-hybridized carbons (Fsp3) is 0.556. The predicted octanol–water partition coefficient (Wildman–Crippen LogP) is 1.29. The molecule has 8 heteroatoms. The SMILES string of the molecule is CN=C(NCCSc1ccccc1F)NC1CCN(CC(=O)NC)CC1. The van der Waals surface area contributed by atoms with Crippen molar-refractivity contribution in [2.45, 2.75) is 23.8 Å². The number of amides is 1. The van der Waals surface area contributed by atoms with Crippen molar-refractivity contribution in [3.8, 4) is 0 Å². The Hall–Kier alpha value is -1.80. The third-order valence-electron chi connectivity index (χ3n) is 4.29. The smallest absolute Gasteiger partial charge is 0.233 e. The van der Waals surface area contributed by atoms with Crippen molar-refractivity contribution in [2.75, 3.05) is 46.0 Å². The van der Waals surface area contributed by atoms with Gasteiger partial charge in [-0.05, 0) is 25.0 Å². The topological polar surface area (TPSA) is 68.8 Å². The van der Waals surface area contributed by atoms with Gasteiger partial charge in [0, 0.05) is 50.4 Å². The zero-order valence-corrected chi connectivity index (χ0v) is 16.2. The third kappa shape index (κ3) is 6.84. The van der Waals surface area contributed by atoms with Crippen LogP contribution in [0.4, 0.5) is 4.39 Å². The van der Waals surface area contributed by atoms with Crippen LogP contribution < -0.4 is 16.0 Å². The lowest BCUT2D eigenvalue weighted by Gasteiger charge is -2.32. The second-order valence-corrected chi connectivity index (χ2v) is 7.28. The minimum Gasteiger partial charge on any atom is -0.358 e. The molecule has 1 heterocycles. The first-order chi connectivity index (χ1) is 12.6. The van der Waals surface area contributed by atoms with E-state index in [1.165, 1.54) is 17.8 Å². The van der Waals surface area contributed by atoms with Crippen LogP contribution in [0.5, 0.6) is 0 Å². The molecule has 144 valence electrons. The number of halogens is 1. The molecule has 1 aromatic rings. The number of thioether (sulfide) groups is 1. The molecule has 1 aromatic carbocycles. The van der Waals surface area contributed by atoms with Crippen LogP contribution in [0, 0.1) is 5.82 Å². The first kappa shape index (κ1) is 20.5. The van der Waals surface area contributed by atoms with Gasteiger partial charge in [-0.25, -0.2) is 4.39 Å². The number of hydrogen-bond acceptors (Lipinski definition) is 4. The summed E-state index contributed by atoms with van der Waals surface area (Å²) in [5.41, 5.74) is 0. The van der Waals surface area contributed by atoms with Gasteiger partial charge in [-0.3, -0.25) is 14.7 Å². The fourth-order valence-electron chi connectivity index (χ4n) is 2.80. The molecule has 0 saturated carbocycles. The van der Waals surface area contributed by atoms with Gasteiger partial charge in [-0.15, -0.1) is 11.8 Å². The summed E-state index contributed by atoms with van der Waals surface area (Å²) >= 11 is 1.49. The van der Waals surface area contributed by atoms with E-state index < -0.39 is 0 Å². The summed E-state index contributed by atoms with van der Waals surface area (Å²) in [6.07, 6.45) is 1.95. The Morgan fingerprint density at radius 3 is 2.73 bits per heavy atom. The molecular weight excluding hydrogens is 353 g/mol. The number of benzene rings is 1. The van der Waals surface area contributed by atoms with E-state index in [0.29, 0.717) is 24.0 Å². The number of hydrogen-bond donors (Lipinski definition) is 3. The first-order valence-corrected chi connectivity index (χ1v) is 9.88. The summed E-state index contributed by atoms with van der Waals surface area (Å²) in [5.74, 6) is 1.40. The maximum atomic E-state index is 13.6. The van der Waals surface area contributed by atoms with E-state index in [2.05, 4.69) is 25.8 Å². The second kappa shape index (κ2) is 11.0. The summed E-state index contributed by atoms with van der Waals surface area (Å²) in [6.45, 7) is 2.95. The standard InChI is InChI=1S/C18H28FN5OS/c1-20-17(25)13-24-10-7-14(8-11-24)23-18(21-2)22-9-12-26-16-6-4-3-5-15(16)19/h3-6,14H,7-13H2,1-2H3,(H,20,25)(H2,21,22,23). The molecule has 3 N–H and O–H groups in total. The highest BCUT2D eigenvalue weighted by atomic mass is 32.2. The molecule has 26 heavy (non-hydrogen) atoms. The molecule has 0 bridgehead atoms. The first-order valence-electron chi connectivity index (χ1n) is 8.90. The van der Waals surface area contributed by atoms with E-state index in [9.17, 15) is 9.18 Å². The number of rotatable bonds is 7. The minimum absolute atomic E-state index is 0.0567. The summed E-state index contributed by atoms with van der Waals surface area (Å²) in [6, 6.07) is 7.16. The molecule has 1 aliphatic heterocycles. The van der Waals surface area contributed by atoms with Crippen molar-refractivity contribution < 1.29 is 9.18 Å². The largest absolute Gasteiger partial charge is 0.358 e. The number of carbonyl (C=O) groups excluding carboxylic acids is 1. The van der Waals surface area contributed by atoms with Crippen molar-refractivity contribution in [3.63, 3.8) is 0 Å². The number of piperidine rings is 1.